The highest BCUT2D eigenvalue weighted by atomic mass is 16.5. The Morgan fingerprint density at radius 1 is 1.14 bits per heavy atom. The van der Waals surface area contributed by atoms with E-state index < -0.39 is 0 Å². The molecule has 0 amide bonds. The van der Waals surface area contributed by atoms with Crippen molar-refractivity contribution < 1.29 is 4.74 Å². The molecule has 0 aliphatic heterocycles. The third kappa shape index (κ3) is 2.87. The van der Waals surface area contributed by atoms with Crippen molar-refractivity contribution in [3.05, 3.63) is 60.4 Å². The molecule has 0 saturated carbocycles. The summed E-state index contributed by atoms with van der Waals surface area (Å²) in [5, 5.41) is 7.82. The minimum atomic E-state index is 0.712. The van der Waals surface area contributed by atoms with Crippen LogP contribution in [0.5, 0.6) is 5.75 Å². The molecule has 3 aromatic rings. The van der Waals surface area contributed by atoms with Crippen LogP contribution in [-0.4, -0.2) is 26.4 Å². The second-order valence-electron chi connectivity index (χ2n) is 5.01. The van der Waals surface area contributed by atoms with E-state index in [0.717, 1.165) is 29.4 Å². The Kier molecular flexibility index (Phi) is 4.20. The van der Waals surface area contributed by atoms with Crippen LogP contribution < -0.4 is 10.1 Å². The lowest BCUT2D eigenvalue weighted by atomic mass is 10.3. The Labute approximate surface area is 129 Å². The number of hydrogen-bond donors (Lipinski definition) is 1. The molecule has 6 heteroatoms. The standard InChI is InChI=1S/C16H19N5O/c1-20-12-18-11-14(20)10-17-9-13-7-8-19-21(13)15-5-3-4-6-16(15)22-2/h3-8,11-12,17H,9-10H2,1-2H3. The van der Waals surface area contributed by atoms with Gasteiger partial charge in [0.05, 0.1) is 24.8 Å². The van der Waals surface area contributed by atoms with Gasteiger partial charge >= 0.3 is 0 Å². The van der Waals surface area contributed by atoms with Crippen LogP contribution in [0.3, 0.4) is 0 Å². The molecule has 114 valence electrons. The number of aryl methyl sites for hydroxylation is 1. The molecule has 0 spiro atoms. The van der Waals surface area contributed by atoms with Crippen LogP contribution in [-0.2, 0) is 20.1 Å². The lowest BCUT2D eigenvalue weighted by Crippen LogP contribution is -2.17. The summed E-state index contributed by atoms with van der Waals surface area (Å²) in [6.07, 6.45) is 5.47. The average molecular weight is 297 g/mol. The molecule has 1 aromatic carbocycles. The Balaban J connectivity index is 1.74. The summed E-state index contributed by atoms with van der Waals surface area (Å²) in [6, 6.07) is 9.86. The molecule has 0 aliphatic rings. The lowest BCUT2D eigenvalue weighted by Gasteiger charge is -2.12. The highest BCUT2D eigenvalue weighted by Crippen LogP contribution is 2.22. The van der Waals surface area contributed by atoms with E-state index in [9.17, 15) is 0 Å². The summed E-state index contributed by atoms with van der Waals surface area (Å²) in [6.45, 7) is 1.47. The zero-order valence-corrected chi connectivity index (χ0v) is 12.7. The van der Waals surface area contributed by atoms with Gasteiger partial charge in [0.25, 0.3) is 0 Å². The van der Waals surface area contributed by atoms with E-state index in [-0.39, 0.29) is 0 Å². The highest BCUT2D eigenvalue weighted by molar-refractivity contribution is 5.46. The molecular weight excluding hydrogens is 278 g/mol. The lowest BCUT2D eigenvalue weighted by molar-refractivity contribution is 0.411. The molecule has 0 unspecified atom stereocenters. The van der Waals surface area contributed by atoms with E-state index in [2.05, 4.69) is 15.4 Å². The van der Waals surface area contributed by atoms with Crippen LogP contribution in [0.1, 0.15) is 11.4 Å². The molecule has 22 heavy (non-hydrogen) atoms. The van der Waals surface area contributed by atoms with Crippen molar-refractivity contribution in [3.8, 4) is 11.4 Å². The van der Waals surface area contributed by atoms with Gasteiger partial charge in [-0.05, 0) is 18.2 Å². The first-order valence-corrected chi connectivity index (χ1v) is 7.12. The van der Waals surface area contributed by atoms with Gasteiger partial charge in [-0.15, -0.1) is 0 Å². The minimum absolute atomic E-state index is 0.712. The SMILES string of the molecule is COc1ccccc1-n1nccc1CNCc1cncn1C. The molecule has 0 aliphatic carbocycles. The summed E-state index contributed by atoms with van der Waals surface area (Å²) in [4.78, 5) is 4.11. The van der Waals surface area contributed by atoms with Crippen molar-refractivity contribution in [1.29, 1.82) is 0 Å². The zero-order valence-electron chi connectivity index (χ0n) is 12.7. The molecule has 0 saturated heterocycles. The van der Waals surface area contributed by atoms with Crippen molar-refractivity contribution in [2.24, 2.45) is 7.05 Å². The van der Waals surface area contributed by atoms with Gasteiger partial charge in [-0.3, -0.25) is 0 Å². The van der Waals surface area contributed by atoms with Gasteiger partial charge in [0.2, 0.25) is 0 Å². The fourth-order valence-corrected chi connectivity index (χ4v) is 2.36. The number of aromatic nitrogens is 4. The smallest absolute Gasteiger partial charge is 0.144 e. The third-order valence-electron chi connectivity index (χ3n) is 3.56. The van der Waals surface area contributed by atoms with Gasteiger partial charge in [0, 0.05) is 32.5 Å². The molecule has 3 rings (SSSR count). The predicted octanol–water partition coefficient (Wildman–Crippen LogP) is 1.90. The summed E-state index contributed by atoms with van der Waals surface area (Å²) >= 11 is 0. The van der Waals surface area contributed by atoms with Gasteiger partial charge < -0.3 is 14.6 Å². The van der Waals surface area contributed by atoms with Crippen LogP contribution in [0.2, 0.25) is 0 Å². The maximum atomic E-state index is 5.41. The number of hydrogen-bond acceptors (Lipinski definition) is 4. The van der Waals surface area contributed by atoms with E-state index in [4.69, 9.17) is 4.74 Å². The first-order valence-electron chi connectivity index (χ1n) is 7.12. The van der Waals surface area contributed by atoms with Crippen LogP contribution in [0.15, 0.2) is 49.1 Å². The van der Waals surface area contributed by atoms with E-state index in [1.807, 2.05) is 52.8 Å². The molecule has 0 bridgehead atoms. The third-order valence-corrected chi connectivity index (χ3v) is 3.56. The summed E-state index contributed by atoms with van der Waals surface area (Å²) in [5.74, 6) is 0.805. The quantitative estimate of drug-likeness (QED) is 0.755. The van der Waals surface area contributed by atoms with Crippen LogP contribution in [0.4, 0.5) is 0 Å². The Morgan fingerprint density at radius 2 is 1.95 bits per heavy atom. The maximum Gasteiger partial charge on any atom is 0.144 e. The summed E-state index contributed by atoms with van der Waals surface area (Å²) in [7, 11) is 3.66. The molecule has 2 aromatic heterocycles. The van der Waals surface area contributed by atoms with E-state index in [1.165, 1.54) is 0 Å². The molecule has 0 fully saturated rings. The van der Waals surface area contributed by atoms with Gasteiger partial charge in [0.1, 0.15) is 11.4 Å². The van der Waals surface area contributed by atoms with Gasteiger partial charge in [0.15, 0.2) is 0 Å². The normalized spacial score (nSPS) is 10.8. The number of nitrogens with one attached hydrogen (secondary N) is 1. The Bertz CT molecular complexity index is 746. The summed E-state index contributed by atoms with van der Waals surface area (Å²) < 4.78 is 9.31. The molecule has 2 heterocycles. The molecule has 0 radical (unpaired) electrons. The number of rotatable bonds is 6. The number of methoxy groups -OCH3 is 1. The van der Waals surface area contributed by atoms with Crippen LogP contribution in [0.25, 0.3) is 5.69 Å². The van der Waals surface area contributed by atoms with E-state index in [1.54, 1.807) is 19.6 Å². The fourth-order valence-electron chi connectivity index (χ4n) is 2.36. The highest BCUT2D eigenvalue weighted by Gasteiger charge is 2.09. The first-order chi connectivity index (χ1) is 10.8. The summed E-state index contributed by atoms with van der Waals surface area (Å²) in [5.41, 5.74) is 3.15. The molecule has 0 atom stereocenters. The number of nitrogens with zero attached hydrogens (tertiary/aromatic N) is 4. The topological polar surface area (TPSA) is 56.9 Å². The first kappa shape index (κ1) is 14.3. The second-order valence-corrected chi connectivity index (χ2v) is 5.01. The molecular formula is C16H19N5O. The van der Waals surface area contributed by atoms with E-state index >= 15 is 0 Å². The van der Waals surface area contributed by atoms with Gasteiger partial charge in [-0.2, -0.15) is 5.10 Å². The van der Waals surface area contributed by atoms with Gasteiger partial charge in [-0.25, -0.2) is 9.67 Å². The Morgan fingerprint density at radius 3 is 2.73 bits per heavy atom. The second kappa shape index (κ2) is 6.44. The molecule has 1 N–H and O–H groups in total. The average Bonchev–Trinajstić information content (AvgIpc) is 3.17. The predicted molar refractivity (Wildman–Crippen MR) is 83.9 cm³/mol. The number of benzene rings is 1. The monoisotopic (exact) mass is 297 g/mol. The maximum absolute atomic E-state index is 5.41. The fraction of sp³-hybridized carbons (Fsp3) is 0.250. The number of imidazole rings is 1. The largest absolute Gasteiger partial charge is 0.494 e. The minimum Gasteiger partial charge on any atom is -0.494 e. The number of ether oxygens (including phenoxy) is 1. The van der Waals surface area contributed by atoms with E-state index in [0.29, 0.717) is 6.54 Å². The van der Waals surface area contributed by atoms with Crippen molar-refractivity contribution in [3.63, 3.8) is 0 Å². The van der Waals surface area contributed by atoms with Crippen molar-refractivity contribution >= 4 is 0 Å². The van der Waals surface area contributed by atoms with Crippen molar-refractivity contribution in [2.75, 3.05) is 7.11 Å². The van der Waals surface area contributed by atoms with Crippen LogP contribution in [0, 0.1) is 0 Å². The Hall–Kier alpha value is -2.60. The molecule has 6 nitrogen and oxygen atoms in total. The van der Waals surface area contributed by atoms with Crippen molar-refractivity contribution in [2.45, 2.75) is 13.1 Å². The van der Waals surface area contributed by atoms with Crippen molar-refractivity contribution in [1.82, 2.24) is 24.6 Å². The van der Waals surface area contributed by atoms with Crippen LogP contribution >= 0.6 is 0 Å². The number of para-hydroxylation sites is 2. The van der Waals surface area contributed by atoms with Gasteiger partial charge in [-0.1, -0.05) is 12.1 Å². The zero-order chi connectivity index (χ0) is 15.4.